The molecule has 0 saturated carbocycles. The van der Waals surface area contributed by atoms with E-state index in [-0.39, 0.29) is 12.7 Å². The minimum absolute atomic E-state index is 0.0985. The van der Waals surface area contributed by atoms with Crippen molar-refractivity contribution in [3.8, 4) is 11.5 Å². The third-order valence-corrected chi connectivity index (χ3v) is 4.04. The van der Waals surface area contributed by atoms with Gasteiger partial charge in [0.1, 0.15) is 11.5 Å². The lowest BCUT2D eigenvalue weighted by Gasteiger charge is -2.27. The molecule has 5 heteroatoms. The van der Waals surface area contributed by atoms with Crippen LogP contribution >= 0.6 is 0 Å². The summed E-state index contributed by atoms with van der Waals surface area (Å²) in [4.78, 5) is 11.2. The number of hydrogen-bond donors (Lipinski definition) is 1. The molecule has 1 aliphatic rings. The molecule has 1 heterocycles. The summed E-state index contributed by atoms with van der Waals surface area (Å²) in [5.74, 6) is 0.549. The Labute approximate surface area is 147 Å². The van der Waals surface area contributed by atoms with Gasteiger partial charge in [0.05, 0.1) is 12.5 Å². The van der Waals surface area contributed by atoms with Crippen LogP contribution in [0.1, 0.15) is 37.4 Å². The Kier molecular flexibility index (Phi) is 6.04. The number of rotatable bonds is 7. The van der Waals surface area contributed by atoms with Gasteiger partial charge in [0.2, 0.25) is 0 Å². The van der Waals surface area contributed by atoms with Crippen LogP contribution in [0.15, 0.2) is 54.6 Å². The Morgan fingerprint density at radius 2 is 1.80 bits per heavy atom. The third-order valence-electron chi connectivity index (χ3n) is 4.04. The lowest BCUT2D eigenvalue weighted by molar-refractivity contribution is -0.193. The molecule has 1 N–H and O–H groups in total. The van der Waals surface area contributed by atoms with Crippen molar-refractivity contribution in [2.45, 2.75) is 38.1 Å². The van der Waals surface area contributed by atoms with E-state index in [1.807, 2.05) is 54.6 Å². The van der Waals surface area contributed by atoms with Crippen molar-refractivity contribution in [2.75, 3.05) is 6.61 Å². The minimum Gasteiger partial charge on any atom is -0.481 e. The van der Waals surface area contributed by atoms with Crippen molar-refractivity contribution in [3.63, 3.8) is 0 Å². The van der Waals surface area contributed by atoms with Gasteiger partial charge in [-0.2, -0.15) is 0 Å². The van der Waals surface area contributed by atoms with Gasteiger partial charge in [-0.15, -0.1) is 0 Å². The molecule has 0 aliphatic carbocycles. The van der Waals surface area contributed by atoms with Gasteiger partial charge in [0.15, 0.2) is 6.29 Å². The molecule has 25 heavy (non-hydrogen) atoms. The van der Waals surface area contributed by atoms with Crippen molar-refractivity contribution in [1.29, 1.82) is 0 Å². The first kappa shape index (κ1) is 17.5. The number of ether oxygens (including phenoxy) is 3. The summed E-state index contributed by atoms with van der Waals surface area (Å²) in [6.07, 6.45) is 1.89. The first-order valence-electron chi connectivity index (χ1n) is 8.52. The second kappa shape index (κ2) is 8.65. The van der Waals surface area contributed by atoms with E-state index in [1.54, 1.807) is 0 Å². The van der Waals surface area contributed by atoms with E-state index in [1.165, 1.54) is 0 Å². The number of benzene rings is 2. The van der Waals surface area contributed by atoms with Crippen LogP contribution in [-0.4, -0.2) is 24.0 Å². The average Bonchev–Trinajstić information content (AvgIpc) is 2.63. The van der Waals surface area contributed by atoms with Gasteiger partial charge in [-0.1, -0.05) is 30.3 Å². The van der Waals surface area contributed by atoms with E-state index < -0.39 is 12.1 Å². The first-order chi connectivity index (χ1) is 12.2. The fourth-order valence-electron chi connectivity index (χ4n) is 2.78. The van der Waals surface area contributed by atoms with Gasteiger partial charge in [0.25, 0.3) is 0 Å². The Morgan fingerprint density at radius 1 is 1.08 bits per heavy atom. The van der Waals surface area contributed by atoms with Crippen LogP contribution in [0, 0.1) is 0 Å². The highest BCUT2D eigenvalue weighted by Crippen LogP contribution is 2.29. The van der Waals surface area contributed by atoms with E-state index >= 15 is 0 Å². The van der Waals surface area contributed by atoms with Crippen LogP contribution < -0.4 is 4.74 Å². The van der Waals surface area contributed by atoms with Crippen LogP contribution in [0.3, 0.4) is 0 Å². The van der Waals surface area contributed by atoms with Gasteiger partial charge in [-0.3, -0.25) is 4.79 Å². The quantitative estimate of drug-likeness (QED) is 0.800. The predicted molar refractivity (Wildman–Crippen MR) is 92.6 cm³/mol. The number of para-hydroxylation sites is 1. The van der Waals surface area contributed by atoms with Crippen molar-refractivity contribution in [2.24, 2.45) is 0 Å². The lowest BCUT2D eigenvalue weighted by atomic mass is 10.1. The van der Waals surface area contributed by atoms with E-state index in [9.17, 15) is 9.90 Å². The molecule has 1 aliphatic heterocycles. The molecule has 2 aromatic carbocycles. The summed E-state index contributed by atoms with van der Waals surface area (Å²) < 4.78 is 17.2. The fourth-order valence-corrected chi connectivity index (χ4v) is 2.78. The highest BCUT2D eigenvalue weighted by atomic mass is 16.7. The highest BCUT2D eigenvalue weighted by molar-refractivity contribution is 5.67. The molecule has 0 aromatic heterocycles. The molecular weight excluding hydrogens is 320 g/mol. The summed E-state index contributed by atoms with van der Waals surface area (Å²) in [5.41, 5.74) is 0.803. The van der Waals surface area contributed by atoms with E-state index in [0.29, 0.717) is 12.4 Å². The minimum atomic E-state index is -0.898. The summed E-state index contributed by atoms with van der Waals surface area (Å²) in [6, 6.07) is 16.8. The van der Waals surface area contributed by atoms with E-state index in [0.717, 1.165) is 30.6 Å². The molecule has 3 rings (SSSR count). The third kappa shape index (κ3) is 5.31. The topological polar surface area (TPSA) is 65.0 Å². The van der Waals surface area contributed by atoms with Crippen LogP contribution in [0.25, 0.3) is 0 Å². The smallest absolute Gasteiger partial charge is 0.306 e. The molecule has 0 amide bonds. The van der Waals surface area contributed by atoms with E-state index in [4.69, 9.17) is 14.2 Å². The van der Waals surface area contributed by atoms with E-state index in [2.05, 4.69) is 0 Å². The van der Waals surface area contributed by atoms with Gasteiger partial charge in [-0.25, -0.2) is 0 Å². The molecule has 2 atom stereocenters. The Hall–Kier alpha value is -2.37. The monoisotopic (exact) mass is 342 g/mol. The van der Waals surface area contributed by atoms with Crippen molar-refractivity contribution in [1.82, 2.24) is 0 Å². The Bertz CT molecular complexity index is 662. The van der Waals surface area contributed by atoms with Crippen LogP contribution in [0.4, 0.5) is 0 Å². The second-order valence-electron chi connectivity index (χ2n) is 6.00. The number of carbonyl (C=O) groups is 1. The lowest BCUT2D eigenvalue weighted by Crippen LogP contribution is -2.25. The molecule has 1 unspecified atom stereocenters. The van der Waals surface area contributed by atoms with Gasteiger partial charge in [0, 0.05) is 6.61 Å². The number of carboxylic acid groups (broad SMARTS) is 1. The van der Waals surface area contributed by atoms with Gasteiger partial charge >= 0.3 is 5.97 Å². The summed E-state index contributed by atoms with van der Waals surface area (Å²) in [7, 11) is 0. The molecule has 5 nitrogen and oxygen atoms in total. The van der Waals surface area contributed by atoms with Crippen molar-refractivity contribution in [3.05, 3.63) is 60.2 Å². The number of hydrogen-bond acceptors (Lipinski definition) is 4. The standard InChI is InChI=1S/C20H22O5/c21-19(22)14-18(25-20-8-4-5-13-23-20)15-9-11-17(12-10-15)24-16-6-2-1-3-7-16/h1-3,6-7,9-12,18,20H,4-5,8,13-14H2,(H,21,22)/t18?,20-/m0/s1. The molecular formula is C20H22O5. The normalized spacial score (nSPS) is 18.5. The van der Waals surface area contributed by atoms with Crippen LogP contribution in [0.5, 0.6) is 11.5 Å². The van der Waals surface area contributed by atoms with Crippen LogP contribution in [-0.2, 0) is 14.3 Å². The zero-order valence-electron chi connectivity index (χ0n) is 14.0. The molecule has 0 bridgehead atoms. The maximum atomic E-state index is 11.2. The predicted octanol–water partition coefficient (Wildman–Crippen LogP) is 4.54. The average molecular weight is 342 g/mol. The second-order valence-corrected chi connectivity index (χ2v) is 6.00. The summed E-state index contributed by atoms with van der Waals surface area (Å²) >= 11 is 0. The maximum Gasteiger partial charge on any atom is 0.306 e. The molecule has 1 fully saturated rings. The highest BCUT2D eigenvalue weighted by Gasteiger charge is 2.23. The summed E-state index contributed by atoms with van der Waals surface area (Å²) in [5, 5.41) is 9.18. The summed E-state index contributed by atoms with van der Waals surface area (Å²) in [6.45, 7) is 0.661. The van der Waals surface area contributed by atoms with Gasteiger partial charge < -0.3 is 19.3 Å². The Balaban J connectivity index is 1.68. The fraction of sp³-hybridized carbons (Fsp3) is 0.350. The van der Waals surface area contributed by atoms with Crippen molar-refractivity contribution >= 4 is 5.97 Å². The Morgan fingerprint density at radius 3 is 2.44 bits per heavy atom. The number of aliphatic carboxylic acids is 1. The number of carboxylic acids is 1. The largest absolute Gasteiger partial charge is 0.481 e. The molecule has 132 valence electrons. The van der Waals surface area contributed by atoms with Crippen LogP contribution in [0.2, 0.25) is 0 Å². The first-order valence-corrected chi connectivity index (χ1v) is 8.52. The molecule has 0 radical (unpaired) electrons. The molecule has 1 saturated heterocycles. The zero-order valence-corrected chi connectivity index (χ0v) is 14.0. The zero-order chi connectivity index (χ0) is 17.5. The van der Waals surface area contributed by atoms with Crippen molar-refractivity contribution < 1.29 is 24.1 Å². The van der Waals surface area contributed by atoms with Gasteiger partial charge in [-0.05, 0) is 49.1 Å². The molecule has 2 aromatic rings. The SMILES string of the molecule is O=C(O)CC(O[C@H]1CCCCO1)c1ccc(Oc2ccccc2)cc1. The maximum absolute atomic E-state index is 11.2. The molecule has 0 spiro atoms.